The summed E-state index contributed by atoms with van der Waals surface area (Å²) in [5.41, 5.74) is 0.716. The van der Waals surface area contributed by atoms with E-state index >= 15 is 0 Å². The first-order chi connectivity index (χ1) is 7.07. The highest BCUT2D eigenvalue weighted by Crippen LogP contribution is 2.26. The van der Waals surface area contributed by atoms with Gasteiger partial charge in [-0.2, -0.15) is 0 Å². The molecule has 3 heteroatoms. The van der Waals surface area contributed by atoms with E-state index in [4.69, 9.17) is 0 Å². The first kappa shape index (κ1) is 12.1. The lowest BCUT2D eigenvalue weighted by atomic mass is 9.95. The van der Waals surface area contributed by atoms with Crippen molar-refractivity contribution in [3.05, 3.63) is 34.9 Å². The zero-order valence-corrected chi connectivity index (χ0v) is 9.40. The molecule has 1 aromatic carbocycles. The lowest BCUT2D eigenvalue weighted by molar-refractivity contribution is 0.512. The first-order valence-corrected chi connectivity index (χ1v) is 5.17. The summed E-state index contributed by atoms with van der Waals surface area (Å²) in [7, 11) is 1.83. The molecular weight excluding hydrogens is 196 g/mol. The first-order valence-electron chi connectivity index (χ1n) is 5.17. The minimum absolute atomic E-state index is 0.0997. The van der Waals surface area contributed by atoms with Crippen LogP contribution >= 0.6 is 0 Å². The van der Waals surface area contributed by atoms with Gasteiger partial charge in [-0.05, 0) is 44.5 Å². The topological polar surface area (TPSA) is 12.0 Å². The summed E-state index contributed by atoms with van der Waals surface area (Å²) in [5, 5.41) is 2.98. The number of hydrogen-bond donors (Lipinski definition) is 1. The van der Waals surface area contributed by atoms with E-state index in [1.54, 1.807) is 6.92 Å². The highest BCUT2D eigenvalue weighted by Gasteiger charge is 2.17. The van der Waals surface area contributed by atoms with Crippen LogP contribution in [0.4, 0.5) is 8.78 Å². The summed E-state index contributed by atoms with van der Waals surface area (Å²) >= 11 is 0. The monoisotopic (exact) mass is 213 g/mol. The van der Waals surface area contributed by atoms with Crippen LogP contribution in [0.15, 0.2) is 12.1 Å². The highest BCUT2D eigenvalue weighted by atomic mass is 19.1. The Morgan fingerprint density at radius 3 is 2.60 bits per heavy atom. The van der Waals surface area contributed by atoms with Gasteiger partial charge in [-0.25, -0.2) is 8.78 Å². The second kappa shape index (κ2) is 5.21. The van der Waals surface area contributed by atoms with Crippen molar-refractivity contribution in [2.24, 2.45) is 0 Å². The van der Waals surface area contributed by atoms with E-state index in [1.165, 1.54) is 12.1 Å². The summed E-state index contributed by atoms with van der Waals surface area (Å²) in [4.78, 5) is 0. The fourth-order valence-corrected chi connectivity index (χ4v) is 1.64. The van der Waals surface area contributed by atoms with E-state index in [-0.39, 0.29) is 11.5 Å². The average molecular weight is 213 g/mol. The van der Waals surface area contributed by atoms with Gasteiger partial charge in [0.1, 0.15) is 11.6 Å². The van der Waals surface area contributed by atoms with Crippen molar-refractivity contribution in [3.8, 4) is 0 Å². The largest absolute Gasteiger partial charge is 0.320 e. The van der Waals surface area contributed by atoms with Gasteiger partial charge in [0.15, 0.2) is 0 Å². The summed E-state index contributed by atoms with van der Waals surface area (Å²) in [6.45, 7) is 4.26. The number of halogens is 2. The molecule has 0 aliphatic heterocycles. The molecule has 1 unspecified atom stereocenters. The van der Waals surface area contributed by atoms with Crippen LogP contribution in [0, 0.1) is 18.6 Å². The standard InChI is InChI=1S/C12H17F2N/c1-8(6-7-15-3)11-10(13)5-4-9(2)12(11)14/h4-5,8,15H,6-7H2,1-3H3. The molecule has 0 radical (unpaired) electrons. The molecule has 0 bridgehead atoms. The Kier molecular flexibility index (Phi) is 4.21. The van der Waals surface area contributed by atoms with Crippen LogP contribution < -0.4 is 5.32 Å². The minimum atomic E-state index is -0.443. The number of rotatable bonds is 4. The second-order valence-electron chi connectivity index (χ2n) is 3.89. The maximum atomic E-state index is 13.7. The lowest BCUT2D eigenvalue weighted by Crippen LogP contribution is -2.12. The van der Waals surface area contributed by atoms with Crippen molar-refractivity contribution in [1.82, 2.24) is 5.32 Å². The molecule has 0 saturated heterocycles. The van der Waals surface area contributed by atoms with E-state index in [9.17, 15) is 8.78 Å². The molecule has 84 valence electrons. The van der Waals surface area contributed by atoms with Gasteiger partial charge in [0.05, 0.1) is 0 Å². The average Bonchev–Trinajstić information content (AvgIpc) is 2.21. The smallest absolute Gasteiger partial charge is 0.132 e. The molecule has 1 atom stereocenters. The molecule has 1 N–H and O–H groups in total. The van der Waals surface area contributed by atoms with Crippen molar-refractivity contribution in [2.75, 3.05) is 13.6 Å². The molecule has 1 rings (SSSR count). The predicted octanol–water partition coefficient (Wildman–Crippen LogP) is 2.99. The van der Waals surface area contributed by atoms with Crippen LogP contribution in [-0.4, -0.2) is 13.6 Å². The molecule has 1 aromatic rings. The molecule has 0 aliphatic rings. The third kappa shape index (κ3) is 2.75. The van der Waals surface area contributed by atoms with Gasteiger partial charge in [-0.1, -0.05) is 13.0 Å². The Morgan fingerprint density at radius 1 is 1.33 bits per heavy atom. The molecule has 0 spiro atoms. The Balaban J connectivity index is 2.96. The van der Waals surface area contributed by atoms with Gasteiger partial charge in [0.2, 0.25) is 0 Å². The Bertz CT molecular complexity index is 337. The Morgan fingerprint density at radius 2 is 2.00 bits per heavy atom. The quantitative estimate of drug-likeness (QED) is 0.810. The van der Waals surface area contributed by atoms with Crippen molar-refractivity contribution in [3.63, 3.8) is 0 Å². The van der Waals surface area contributed by atoms with Gasteiger partial charge in [0, 0.05) is 5.56 Å². The van der Waals surface area contributed by atoms with E-state index in [0.29, 0.717) is 5.56 Å². The van der Waals surface area contributed by atoms with Crippen LogP contribution in [0.2, 0.25) is 0 Å². The number of nitrogens with one attached hydrogen (secondary N) is 1. The van der Waals surface area contributed by atoms with Crippen molar-refractivity contribution in [1.29, 1.82) is 0 Å². The van der Waals surface area contributed by atoms with Gasteiger partial charge in [0.25, 0.3) is 0 Å². The Hall–Kier alpha value is -0.960. The van der Waals surface area contributed by atoms with E-state index in [2.05, 4.69) is 5.32 Å². The van der Waals surface area contributed by atoms with Gasteiger partial charge < -0.3 is 5.32 Å². The predicted molar refractivity (Wildman–Crippen MR) is 58.1 cm³/mol. The van der Waals surface area contributed by atoms with Crippen molar-refractivity contribution >= 4 is 0 Å². The molecule has 15 heavy (non-hydrogen) atoms. The van der Waals surface area contributed by atoms with E-state index < -0.39 is 11.6 Å². The Labute approximate surface area is 89.5 Å². The third-order valence-corrected chi connectivity index (χ3v) is 2.64. The molecule has 0 heterocycles. The van der Waals surface area contributed by atoms with Crippen LogP contribution in [0.1, 0.15) is 30.4 Å². The van der Waals surface area contributed by atoms with E-state index in [1.807, 2.05) is 14.0 Å². The molecule has 1 nitrogen and oxygen atoms in total. The van der Waals surface area contributed by atoms with Crippen molar-refractivity contribution in [2.45, 2.75) is 26.2 Å². The fourth-order valence-electron chi connectivity index (χ4n) is 1.64. The van der Waals surface area contributed by atoms with Crippen LogP contribution in [0.3, 0.4) is 0 Å². The molecule has 0 fully saturated rings. The van der Waals surface area contributed by atoms with E-state index in [0.717, 1.165) is 13.0 Å². The molecule has 0 aliphatic carbocycles. The van der Waals surface area contributed by atoms with Gasteiger partial charge in [-0.3, -0.25) is 0 Å². The SMILES string of the molecule is CNCCC(C)c1c(F)ccc(C)c1F. The number of benzene rings is 1. The summed E-state index contributed by atoms with van der Waals surface area (Å²) in [6.07, 6.45) is 0.730. The van der Waals surface area contributed by atoms with Crippen molar-refractivity contribution < 1.29 is 8.78 Å². The zero-order chi connectivity index (χ0) is 11.4. The third-order valence-electron chi connectivity index (χ3n) is 2.64. The molecule has 0 amide bonds. The zero-order valence-electron chi connectivity index (χ0n) is 9.40. The van der Waals surface area contributed by atoms with Gasteiger partial charge >= 0.3 is 0 Å². The molecule has 0 saturated carbocycles. The number of aryl methyl sites for hydroxylation is 1. The maximum Gasteiger partial charge on any atom is 0.132 e. The number of hydrogen-bond acceptors (Lipinski definition) is 1. The summed E-state index contributed by atoms with van der Waals surface area (Å²) < 4.78 is 27.1. The van der Waals surface area contributed by atoms with Crippen LogP contribution in [0.5, 0.6) is 0 Å². The second-order valence-corrected chi connectivity index (χ2v) is 3.89. The van der Waals surface area contributed by atoms with Gasteiger partial charge in [-0.15, -0.1) is 0 Å². The maximum absolute atomic E-state index is 13.7. The normalized spacial score (nSPS) is 12.9. The summed E-state index contributed by atoms with van der Waals surface area (Å²) in [6, 6.07) is 2.81. The lowest BCUT2D eigenvalue weighted by Gasteiger charge is -2.14. The minimum Gasteiger partial charge on any atom is -0.320 e. The van der Waals surface area contributed by atoms with Crippen LogP contribution in [0.25, 0.3) is 0 Å². The fraction of sp³-hybridized carbons (Fsp3) is 0.500. The highest BCUT2D eigenvalue weighted by molar-refractivity contribution is 5.29. The van der Waals surface area contributed by atoms with Crippen LogP contribution in [-0.2, 0) is 0 Å². The molecule has 0 aromatic heterocycles. The summed E-state index contributed by atoms with van der Waals surface area (Å²) in [5.74, 6) is -0.947. The molecular formula is C12H17F2N.